The summed E-state index contributed by atoms with van der Waals surface area (Å²) in [5.74, 6) is 2.62. The van der Waals surface area contributed by atoms with E-state index < -0.39 is 0 Å². The number of benzene rings is 3. The molecule has 4 aromatic rings. The summed E-state index contributed by atoms with van der Waals surface area (Å²) in [5, 5.41) is 0.958. The predicted octanol–water partition coefficient (Wildman–Crippen LogP) is 9.48. The Bertz CT molecular complexity index is 2250. The number of carbonyl (C=O) groups is 2. The van der Waals surface area contributed by atoms with Crippen LogP contribution < -0.4 is 14.2 Å². The van der Waals surface area contributed by atoms with Crippen LogP contribution in [0.1, 0.15) is 81.6 Å². The van der Waals surface area contributed by atoms with E-state index in [0.717, 1.165) is 82.1 Å². The van der Waals surface area contributed by atoms with Gasteiger partial charge in [0, 0.05) is 48.9 Å². The van der Waals surface area contributed by atoms with E-state index in [1.165, 1.54) is 11.1 Å². The molecule has 2 atom stereocenters. The van der Waals surface area contributed by atoms with Crippen molar-refractivity contribution in [1.29, 1.82) is 0 Å². The highest BCUT2D eigenvalue weighted by Gasteiger charge is 2.36. The SMILES string of the molecule is C/C=C1\C[C@H]2CCc3cc(OCc4cc(COc5cc6c(cc5OC)C(=O)N5C/C(=C/C)C[C@H]5C=N6)cc(CSSc5ccccn5)c4)c(C)cc3C(=O)N2C1. The molecule has 0 saturated carbocycles. The van der Waals surface area contributed by atoms with Crippen molar-refractivity contribution < 1.29 is 23.8 Å². The zero-order valence-corrected chi connectivity index (χ0v) is 33.9. The quantitative estimate of drug-likeness (QED) is 0.110. The van der Waals surface area contributed by atoms with Gasteiger partial charge in [-0.25, -0.2) is 4.98 Å². The van der Waals surface area contributed by atoms with Gasteiger partial charge in [0.05, 0.1) is 24.4 Å². The molecule has 3 aromatic carbocycles. The lowest BCUT2D eigenvalue weighted by Gasteiger charge is -2.21. The Hall–Kier alpha value is -5.00. The monoisotopic (exact) mass is 786 g/mol. The number of rotatable bonds is 11. The molecule has 4 aliphatic rings. The first-order valence-electron chi connectivity index (χ1n) is 19.2. The Morgan fingerprint density at radius 1 is 0.821 bits per heavy atom. The second-order valence-electron chi connectivity index (χ2n) is 14.7. The van der Waals surface area contributed by atoms with E-state index in [1.807, 2.05) is 55.3 Å². The van der Waals surface area contributed by atoms with Gasteiger partial charge in [0.1, 0.15) is 24.0 Å². The lowest BCUT2D eigenvalue weighted by atomic mass is 9.98. The second kappa shape index (κ2) is 16.6. The van der Waals surface area contributed by atoms with E-state index in [0.29, 0.717) is 35.9 Å². The van der Waals surface area contributed by atoms with Crippen LogP contribution in [-0.4, -0.2) is 65.1 Å². The van der Waals surface area contributed by atoms with Gasteiger partial charge in [-0.3, -0.25) is 14.6 Å². The van der Waals surface area contributed by atoms with Gasteiger partial charge in [0.15, 0.2) is 11.5 Å². The predicted molar refractivity (Wildman–Crippen MR) is 224 cm³/mol. The standard InChI is InChI=1S/C45H46N4O5S2/c1-5-29-17-35-11-10-34-19-40(28(3)13-37(34)44(50)48(35)23-29)53-25-31-14-32(16-33(15-31)27-55-56-43-9-7-8-12-46-43)26-54-42-21-39-38(20-41(42)52-4)45(51)49-24-30(6-2)18-36(49)22-47-39/h5-9,12-16,19-22,35-36H,10-11,17-18,23-27H2,1-4H3/b29-5+,30-6+/t35-,36+/m1/s1. The molecule has 56 heavy (non-hydrogen) atoms. The van der Waals surface area contributed by atoms with Crippen molar-refractivity contribution in [3.8, 4) is 17.2 Å². The first-order valence-corrected chi connectivity index (χ1v) is 21.5. The number of aliphatic imine (C=N–C) groups is 1. The van der Waals surface area contributed by atoms with Gasteiger partial charge >= 0.3 is 0 Å². The number of nitrogens with zero attached hydrogens (tertiary/aromatic N) is 4. The molecule has 0 spiro atoms. The van der Waals surface area contributed by atoms with Crippen LogP contribution in [0.25, 0.3) is 0 Å². The summed E-state index contributed by atoms with van der Waals surface area (Å²) in [6, 6.07) is 20.2. The molecule has 0 N–H and O–H groups in total. The minimum absolute atomic E-state index is 0.0535. The van der Waals surface area contributed by atoms with Crippen LogP contribution in [0.3, 0.4) is 0 Å². The fourth-order valence-electron chi connectivity index (χ4n) is 8.03. The molecule has 2 fully saturated rings. The molecule has 8 rings (SSSR count). The third-order valence-electron chi connectivity index (χ3n) is 11.1. The Morgan fingerprint density at radius 3 is 2.30 bits per heavy atom. The molecule has 0 unspecified atom stereocenters. The second-order valence-corrected chi connectivity index (χ2v) is 17.1. The lowest BCUT2D eigenvalue weighted by molar-refractivity contribution is 0.0741. The number of amides is 2. The van der Waals surface area contributed by atoms with Gasteiger partial charge in [-0.1, -0.05) is 52.3 Å². The van der Waals surface area contributed by atoms with Crippen molar-refractivity contribution in [2.45, 2.75) is 82.5 Å². The Balaban J connectivity index is 1.02. The Kier molecular flexibility index (Phi) is 11.2. The summed E-state index contributed by atoms with van der Waals surface area (Å²) in [5.41, 5.74) is 9.59. The molecule has 11 heteroatoms. The average Bonchev–Trinajstić information content (AvgIpc) is 3.79. The maximum atomic E-state index is 13.6. The number of hydrogen-bond acceptors (Lipinski definition) is 9. The van der Waals surface area contributed by atoms with Crippen LogP contribution in [0.2, 0.25) is 0 Å². The van der Waals surface area contributed by atoms with E-state index in [1.54, 1.807) is 41.0 Å². The van der Waals surface area contributed by atoms with Crippen LogP contribution in [0.5, 0.6) is 17.2 Å². The van der Waals surface area contributed by atoms with Crippen LogP contribution in [-0.2, 0) is 25.4 Å². The molecular weight excluding hydrogens is 741 g/mol. The topological polar surface area (TPSA) is 93.6 Å². The summed E-state index contributed by atoms with van der Waals surface area (Å²) >= 11 is 0. The number of fused-ring (bicyclic) bond motifs is 4. The van der Waals surface area contributed by atoms with E-state index >= 15 is 0 Å². The fraction of sp³-hybridized carbons (Fsp3) is 0.333. The highest BCUT2D eigenvalue weighted by Crippen LogP contribution is 2.40. The fourth-order valence-corrected chi connectivity index (χ4v) is 9.99. The first-order chi connectivity index (χ1) is 27.3. The number of allylic oxidation sites excluding steroid dienone is 2. The third kappa shape index (κ3) is 7.97. The molecule has 0 radical (unpaired) electrons. The number of methoxy groups -OCH3 is 1. The van der Waals surface area contributed by atoms with Crippen molar-refractivity contribution in [3.05, 3.63) is 129 Å². The minimum Gasteiger partial charge on any atom is -0.493 e. The summed E-state index contributed by atoms with van der Waals surface area (Å²) in [7, 11) is 4.96. The van der Waals surface area contributed by atoms with E-state index in [2.05, 4.69) is 53.2 Å². The van der Waals surface area contributed by atoms with Gasteiger partial charge in [-0.2, -0.15) is 0 Å². The maximum Gasteiger partial charge on any atom is 0.257 e. The van der Waals surface area contributed by atoms with E-state index in [-0.39, 0.29) is 30.5 Å². The molecule has 2 amide bonds. The van der Waals surface area contributed by atoms with Crippen molar-refractivity contribution in [1.82, 2.24) is 14.8 Å². The number of aromatic nitrogens is 1. The molecular formula is C45H46N4O5S2. The van der Waals surface area contributed by atoms with Gasteiger partial charge in [0.2, 0.25) is 0 Å². The summed E-state index contributed by atoms with van der Waals surface area (Å²) in [6.07, 6.45) is 11.5. The summed E-state index contributed by atoms with van der Waals surface area (Å²) in [6.45, 7) is 8.06. The zero-order valence-electron chi connectivity index (χ0n) is 32.2. The average molecular weight is 787 g/mol. The van der Waals surface area contributed by atoms with E-state index in [4.69, 9.17) is 19.2 Å². The van der Waals surface area contributed by atoms with Crippen LogP contribution in [0.15, 0.2) is 100 Å². The van der Waals surface area contributed by atoms with Gasteiger partial charge in [-0.15, -0.1) is 0 Å². The van der Waals surface area contributed by atoms with Crippen LogP contribution in [0.4, 0.5) is 5.69 Å². The molecule has 0 aliphatic carbocycles. The van der Waals surface area contributed by atoms with E-state index in [9.17, 15) is 9.59 Å². The molecule has 0 bridgehead atoms. The van der Waals surface area contributed by atoms with Crippen LogP contribution in [0, 0.1) is 6.92 Å². The van der Waals surface area contributed by atoms with Gasteiger partial charge in [0.25, 0.3) is 11.8 Å². The molecule has 288 valence electrons. The smallest absolute Gasteiger partial charge is 0.257 e. The Labute approximate surface area is 336 Å². The number of ether oxygens (including phenoxy) is 3. The lowest BCUT2D eigenvalue weighted by Crippen LogP contribution is -2.35. The number of aryl methyl sites for hydroxylation is 2. The normalized spacial score (nSPS) is 20.1. The third-order valence-corrected chi connectivity index (χ3v) is 13.3. The molecule has 5 heterocycles. The van der Waals surface area contributed by atoms with Crippen molar-refractivity contribution in [2.24, 2.45) is 4.99 Å². The Morgan fingerprint density at radius 2 is 1.55 bits per heavy atom. The number of pyridine rings is 1. The highest BCUT2D eigenvalue weighted by atomic mass is 33.1. The summed E-state index contributed by atoms with van der Waals surface area (Å²) < 4.78 is 18.7. The highest BCUT2D eigenvalue weighted by molar-refractivity contribution is 8.76. The number of carbonyl (C=O) groups excluding carboxylic acids is 2. The van der Waals surface area contributed by atoms with Crippen LogP contribution >= 0.6 is 21.6 Å². The molecule has 9 nitrogen and oxygen atoms in total. The maximum absolute atomic E-state index is 13.6. The molecule has 2 saturated heterocycles. The van der Waals surface area contributed by atoms with Crippen molar-refractivity contribution >= 4 is 45.3 Å². The molecule has 1 aromatic heterocycles. The molecule has 4 aliphatic heterocycles. The summed E-state index contributed by atoms with van der Waals surface area (Å²) in [4.78, 5) is 40.4. The first kappa shape index (κ1) is 37.9. The zero-order chi connectivity index (χ0) is 38.8. The largest absolute Gasteiger partial charge is 0.493 e. The minimum atomic E-state index is -0.0601. The van der Waals surface area contributed by atoms with Gasteiger partial charge in [-0.05, 0) is 121 Å². The van der Waals surface area contributed by atoms with Crippen molar-refractivity contribution in [3.63, 3.8) is 0 Å². The number of hydrogen-bond donors (Lipinski definition) is 0. The van der Waals surface area contributed by atoms with Crippen molar-refractivity contribution in [2.75, 3.05) is 20.2 Å². The van der Waals surface area contributed by atoms with Gasteiger partial charge < -0.3 is 24.0 Å².